The summed E-state index contributed by atoms with van der Waals surface area (Å²) in [4.78, 5) is 4.19. The average Bonchev–Trinajstić information content (AvgIpc) is 2.20. The molecule has 0 saturated carbocycles. The van der Waals surface area contributed by atoms with Gasteiger partial charge in [-0.1, -0.05) is 23.2 Å². The molecule has 2 rings (SSSR count). The van der Waals surface area contributed by atoms with Crippen molar-refractivity contribution in [2.24, 2.45) is 0 Å². The quantitative estimate of drug-likeness (QED) is 0.825. The Hall–Kier alpha value is -1.25. The van der Waals surface area contributed by atoms with Gasteiger partial charge in [0.2, 0.25) is 0 Å². The number of pyridine rings is 1. The van der Waals surface area contributed by atoms with Crippen molar-refractivity contribution in [3.05, 3.63) is 46.6 Å². The highest BCUT2D eigenvalue weighted by Gasteiger charge is 2.07. The van der Waals surface area contributed by atoms with Crippen LogP contribution in [0.1, 0.15) is 0 Å². The standard InChI is InChI=1S/C11H8Cl2N2/c12-7-3-4-8(9(13)6-7)11-10(14)2-1-5-15-11/h1-6H,14H2. The van der Waals surface area contributed by atoms with E-state index in [2.05, 4.69) is 4.98 Å². The van der Waals surface area contributed by atoms with Gasteiger partial charge in [-0.3, -0.25) is 4.98 Å². The summed E-state index contributed by atoms with van der Waals surface area (Å²) in [5.41, 5.74) is 7.87. The molecule has 2 N–H and O–H groups in total. The molecule has 0 radical (unpaired) electrons. The van der Waals surface area contributed by atoms with Crippen molar-refractivity contribution in [3.8, 4) is 11.3 Å². The van der Waals surface area contributed by atoms with Crippen LogP contribution in [0.25, 0.3) is 11.3 Å². The maximum atomic E-state index is 6.06. The molecular formula is C11H8Cl2N2. The van der Waals surface area contributed by atoms with Crippen LogP contribution in [0.5, 0.6) is 0 Å². The van der Waals surface area contributed by atoms with Gasteiger partial charge in [0.15, 0.2) is 0 Å². The number of hydrogen-bond donors (Lipinski definition) is 1. The first-order chi connectivity index (χ1) is 7.18. The van der Waals surface area contributed by atoms with Gasteiger partial charge in [0.1, 0.15) is 0 Å². The third-order valence-electron chi connectivity index (χ3n) is 2.03. The highest BCUT2D eigenvalue weighted by molar-refractivity contribution is 6.36. The third kappa shape index (κ3) is 2.06. The minimum Gasteiger partial charge on any atom is -0.397 e. The first kappa shape index (κ1) is 10.3. The predicted molar refractivity (Wildman–Crippen MR) is 64.1 cm³/mol. The Kier molecular flexibility index (Phi) is 2.80. The first-order valence-electron chi connectivity index (χ1n) is 4.34. The number of nitrogens with zero attached hydrogens (tertiary/aromatic N) is 1. The summed E-state index contributed by atoms with van der Waals surface area (Å²) >= 11 is 11.9. The van der Waals surface area contributed by atoms with Gasteiger partial charge in [0.05, 0.1) is 16.4 Å². The van der Waals surface area contributed by atoms with E-state index in [9.17, 15) is 0 Å². The minimum atomic E-state index is 0.549. The van der Waals surface area contributed by atoms with Crippen LogP contribution in [0, 0.1) is 0 Å². The minimum absolute atomic E-state index is 0.549. The van der Waals surface area contributed by atoms with Crippen LogP contribution in [0.3, 0.4) is 0 Å². The fraction of sp³-hybridized carbons (Fsp3) is 0. The molecule has 15 heavy (non-hydrogen) atoms. The van der Waals surface area contributed by atoms with Crippen LogP contribution in [-0.2, 0) is 0 Å². The molecule has 0 bridgehead atoms. The topological polar surface area (TPSA) is 38.9 Å². The van der Waals surface area contributed by atoms with Crippen molar-refractivity contribution in [2.75, 3.05) is 5.73 Å². The number of anilines is 1. The van der Waals surface area contributed by atoms with Crippen molar-refractivity contribution in [2.45, 2.75) is 0 Å². The van der Waals surface area contributed by atoms with Gasteiger partial charge in [-0.05, 0) is 30.3 Å². The van der Waals surface area contributed by atoms with Gasteiger partial charge < -0.3 is 5.73 Å². The fourth-order valence-corrected chi connectivity index (χ4v) is 1.82. The Morgan fingerprint density at radius 1 is 1.13 bits per heavy atom. The van der Waals surface area contributed by atoms with Crippen LogP contribution in [0.4, 0.5) is 5.69 Å². The maximum absolute atomic E-state index is 6.06. The van der Waals surface area contributed by atoms with Crippen LogP contribution in [0.2, 0.25) is 10.0 Å². The van der Waals surface area contributed by atoms with E-state index in [1.807, 2.05) is 6.07 Å². The maximum Gasteiger partial charge on any atom is 0.0946 e. The number of aromatic nitrogens is 1. The molecule has 0 aliphatic carbocycles. The van der Waals surface area contributed by atoms with Gasteiger partial charge in [-0.15, -0.1) is 0 Å². The third-order valence-corrected chi connectivity index (χ3v) is 2.57. The van der Waals surface area contributed by atoms with E-state index in [0.717, 1.165) is 5.56 Å². The van der Waals surface area contributed by atoms with Crippen molar-refractivity contribution in [1.82, 2.24) is 4.98 Å². The molecule has 1 heterocycles. The summed E-state index contributed by atoms with van der Waals surface area (Å²) in [5.74, 6) is 0. The van der Waals surface area contributed by atoms with Crippen LogP contribution < -0.4 is 5.73 Å². The fourth-order valence-electron chi connectivity index (χ4n) is 1.32. The van der Waals surface area contributed by atoms with E-state index in [0.29, 0.717) is 21.4 Å². The molecule has 2 nitrogen and oxygen atoms in total. The average molecular weight is 239 g/mol. The lowest BCUT2D eigenvalue weighted by Crippen LogP contribution is -1.92. The zero-order valence-corrected chi connectivity index (χ0v) is 9.26. The zero-order valence-electron chi connectivity index (χ0n) is 7.74. The van der Waals surface area contributed by atoms with Crippen LogP contribution in [-0.4, -0.2) is 4.98 Å². The molecule has 2 aromatic rings. The molecular weight excluding hydrogens is 231 g/mol. The van der Waals surface area contributed by atoms with Crippen molar-refractivity contribution < 1.29 is 0 Å². The second-order valence-corrected chi connectivity index (χ2v) is 3.91. The number of nitrogens with two attached hydrogens (primary N) is 1. The second-order valence-electron chi connectivity index (χ2n) is 3.07. The molecule has 76 valence electrons. The summed E-state index contributed by atoms with van der Waals surface area (Å²) in [7, 11) is 0. The van der Waals surface area contributed by atoms with E-state index in [1.54, 1.807) is 30.5 Å². The number of benzene rings is 1. The summed E-state index contributed by atoms with van der Waals surface area (Å²) in [5, 5.41) is 1.14. The van der Waals surface area contributed by atoms with E-state index in [1.165, 1.54) is 0 Å². The highest BCUT2D eigenvalue weighted by Crippen LogP contribution is 2.31. The molecule has 0 spiro atoms. The lowest BCUT2D eigenvalue weighted by molar-refractivity contribution is 1.33. The van der Waals surface area contributed by atoms with E-state index < -0.39 is 0 Å². The number of nitrogen functional groups attached to an aromatic ring is 1. The molecule has 0 atom stereocenters. The zero-order chi connectivity index (χ0) is 10.8. The van der Waals surface area contributed by atoms with Gasteiger partial charge in [0.25, 0.3) is 0 Å². The Balaban J connectivity index is 2.60. The van der Waals surface area contributed by atoms with Crippen LogP contribution >= 0.6 is 23.2 Å². The van der Waals surface area contributed by atoms with Gasteiger partial charge in [0, 0.05) is 16.8 Å². The number of halogens is 2. The van der Waals surface area contributed by atoms with Crippen molar-refractivity contribution in [3.63, 3.8) is 0 Å². The van der Waals surface area contributed by atoms with E-state index >= 15 is 0 Å². The molecule has 1 aromatic heterocycles. The number of hydrogen-bond acceptors (Lipinski definition) is 2. The van der Waals surface area contributed by atoms with Gasteiger partial charge >= 0.3 is 0 Å². The Morgan fingerprint density at radius 3 is 2.60 bits per heavy atom. The highest BCUT2D eigenvalue weighted by atomic mass is 35.5. The summed E-state index contributed by atoms with van der Waals surface area (Å²) in [6, 6.07) is 8.81. The molecule has 4 heteroatoms. The molecule has 0 amide bonds. The summed E-state index contributed by atoms with van der Waals surface area (Å²) in [6.45, 7) is 0. The van der Waals surface area contributed by atoms with E-state index in [-0.39, 0.29) is 0 Å². The van der Waals surface area contributed by atoms with Crippen molar-refractivity contribution >= 4 is 28.9 Å². The monoisotopic (exact) mass is 238 g/mol. The summed E-state index contributed by atoms with van der Waals surface area (Å²) < 4.78 is 0. The normalized spacial score (nSPS) is 10.3. The van der Waals surface area contributed by atoms with Gasteiger partial charge in [-0.25, -0.2) is 0 Å². The van der Waals surface area contributed by atoms with Crippen LogP contribution in [0.15, 0.2) is 36.5 Å². The smallest absolute Gasteiger partial charge is 0.0946 e. The molecule has 0 saturated heterocycles. The molecule has 0 fully saturated rings. The Bertz CT molecular complexity index is 498. The molecule has 1 aromatic carbocycles. The lowest BCUT2D eigenvalue weighted by Gasteiger charge is -2.06. The SMILES string of the molecule is Nc1cccnc1-c1ccc(Cl)cc1Cl. The Labute approximate surface area is 97.7 Å². The molecule has 0 aliphatic rings. The van der Waals surface area contributed by atoms with Gasteiger partial charge in [-0.2, -0.15) is 0 Å². The summed E-state index contributed by atoms with van der Waals surface area (Å²) in [6.07, 6.45) is 1.68. The largest absolute Gasteiger partial charge is 0.397 e. The first-order valence-corrected chi connectivity index (χ1v) is 5.10. The van der Waals surface area contributed by atoms with Crippen molar-refractivity contribution in [1.29, 1.82) is 0 Å². The molecule has 0 aliphatic heterocycles. The second kappa shape index (κ2) is 4.09. The molecule has 0 unspecified atom stereocenters. The Morgan fingerprint density at radius 2 is 1.93 bits per heavy atom. The number of rotatable bonds is 1. The lowest BCUT2D eigenvalue weighted by atomic mass is 10.1. The predicted octanol–water partition coefficient (Wildman–Crippen LogP) is 3.64. The van der Waals surface area contributed by atoms with E-state index in [4.69, 9.17) is 28.9 Å².